The number of nitrogens with zero attached hydrogens (tertiary/aromatic N) is 2. The zero-order valence-corrected chi connectivity index (χ0v) is 8.54. The lowest BCUT2D eigenvalue weighted by atomic mass is 10.1. The van der Waals surface area contributed by atoms with E-state index in [0.29, 0.717) is 5.92 Å². The fourth-order valence-corrected chi connectivity index (χ4v) is 1.31. The van der Waals surface area contributed by atoms with E-state index in [-0.39, 0.29) is 5.38 Å². The summed E-state index contributed by atoms with van der Waals surface area (Å²) >= 11 is 6.00. The first-order valence-electron chi connectivity index (χ1n) is 4.32. The molecule has 1 rings (SSSR count). The lowest BCUT2D eigenvalue weighted by molar-refractivity contribution is 0.612. The van der Waals surface area contributed by atoms with Crippen molar-refractivity contribution in [3.63, 3.8) is 0 Å². The molecule has 12 heavy (non-hydrogen) atoms. The van der Waals surface area contributed by atoms with Gasteiger partial charge in [-0.15, -0.1) is 11.6 Å². The lowest BCUT2D eigenvalue weighted by Gasteiger charge is -2.14. The zero-order valence-electron chi connectivity index (χ0n) is 7.79. The van der Waals surface area contributed by atoms with Crippen molar-refractivity contribution in [2.75, 3.05) is 0 Å². The number of aromatic nitrogens is 2. The van der Waals surface area contributed by atoms with Crippen LogP contribution >= 0.6 is 11.6 Å². The van der Waals surface area contributed by atoms with Crippen molar-refractivity contribution in [2.24, 2.45) is 0 Å². The molecule has 0 fully saturated rings. The van der Waals surface area contributed by atoms with Crippen LogP contribution in [-0.2, 0) is 6.54 Å². The van der Waals surface area contributed by atoms with Gasteiger partial charge in [0, 0.05) is 30.2 Å². The summed E-state index contributed by atoms with van der Waals surface area (Å²) in [5.41, 5.74) is 0. The number of rotatable bonds is 3. The highest BCUT2D eigenvalue weighted by Crippen LogP contribution is 2.20. The van der Waals surface area contributed by atoms with Gasteiger partial charge in [0.05, 0.1) is 0 Å². The van der Waals surface area contributed by atoms with Crippen molar-refractivity contribution >= 4 is 11.6 Å². The lowest BCUT2D eigenvalue weighted by Crippen LogP contribution is -2.12. The second-order valence-electron chi connectivity index (χ2n) is 3.04. The second kappa shape index (κ2) is 3.94. The molecule has 2 unspecified atom stereocenters. The summed E-state index contributed by atoms with van der Waals surface area (Å²) in [4.78, 5) is 4.29. The predicted octanol–water partition coefficient (Wildman–Crippen LogP) is 2.63. The van der Waals surface area contributed by atoms with Crippen LogP contribution < -0.4 is 0 Å². The molecule has 0 amide bonds. The number of halogens is 1. The quantitative estimate of drug-likeness (QED) is 0.664. The molecule has 68 valence electrons. The minimum Gasteiger partial charge on any atom is -0.335 e. The first-order chi connectivity index (χ1) is 5.66. The van der Waals surface area contributed by atoms with Gasteiger partial charge in [0.25, 0.3) is 0 Å². The molecular weight excluding hydrogens is 172 g/mol. The van der Waals surface area contributed by atoms with Gasteiger partial charge in [0.1, 0.15) is 5.82 Å². The molecule has 0 radical (unpaired) electrons. The molecule has 0 saturated heterocycles. The predicted molar refractivity (Wildman–Crippen MR) is 51.6 cm³/mol. The zero-order chi connectivity index (χ0) is 9.14. The molecule has 0 aliphatic carbocycles. The van der Waals surface area contributed by atoms with E-state index in [4.69, 9.17) is 11.6 Å². The van der Waals surface area contributed by atoms with E-state index in [9.17, 15) is 0 Å². The molecule has 0 aliphatic rings. The molecule has 2 atom stereocenters. The van der Waals surface area contributed by atoms with E-state index in [1.165, 1.54) is 0 Å². The molecule has 0 bridgehead atoms. The van der Waals surface area contributed by atoms with Gasteiger partial charge in [-0.2, -0.15) is 0 Å². The average molecular weight is 187 g/mol. The summed E-state index contributed by atoms with van der Waals surface area (Å²) in [5, 5.41) is 0.137. The number of alkyl halides is 1. The normalized spacial score (nSPS) is 16.0. The van der Waals surface area contributed by atoms with Gasteiger partial charge in [-0.25, -0.2) is 4.98 Å². The maximum absolute atomic E-state index is 6.00. The molecule has 3 heteroatoms. The van der Waals surface area contributed by atoms with Crippen molar-refractivity contribution < 1.29 is 0 Å². The number of hydrogen-bond acceptors (Lipinski definition) is 1. The SMILES string of the molecule is CCn1ccnc1C(C)C(C)Cl. The van der Waals surface area contributed by atoms with Crippen LogP contribution in [0.4, 0.5) is 0 Å². The molecule has 1 aromatic rings. The highest BCUT2D eigenvalue weighted by Gasteiger charge is 2.15. The second-order valence-corrected chi connectivity index (χ2v) is 3.73. The summed E-state index contributed by atoms with van der Waals surface area (Å²) in [7, 11) is 0. The Labute approximate surface area is 78.6 Å². The smallest absolute Gasteiger partial charge is 0.112 e. The molecule has 0 spiro atoms. The summed E-state index contributed by atoms with van der Waals surface area (Å²) < 4.78 is 2.13. The molecule has 0 aliphatic heterocycles. The minimum absolute atomic E-state index is 0.137. The molecule has 0 saturated carbocycles. The van der Waals surface area contributed by atoms with Gasteiger partial charge >= 0.3 is 0 Å². The summed E-state index contributed by atoms with van der Waals surface area (Å²) in [6.07, 6.45) is 3.82. The molecule has 0 N–H and O–H groups in total. The Morgan fingerprint density at radius 1 is 1.58 bits per heavy atom. The summed E-state index contributed by atoms with van der Waals surface area (Å²) in [5.74, 6) is 1.40. The third-order valence-corrected chi connectivity index (χ3v) is 2.56. The van der Waals surface area contributed by atoms with E-state index in [2.05, 4.69) is 23.4 Å². The third-order valence-electron chi connectivity index (χ3n) is 2.18. The minimum atomic E-state index is 0.137. The standard InChI is InChI=1S/C9H15ClN2/c1-4-12-6-5-11-9(12)7(2)8(3)10/h5-8H,4H2,1-3H3. The largest absolute Gasteiger partial charge is 0.335 e. The van der Waals surface area contributed by atoms with Crippen LogP contribution in [0.15, 0.2) is 12.4 Å². The van der Waals surface area contributed by atoms with E-state index >= 15 is 0 Å². The van der Waals surface area contributed by atoms with Crippen molar-refractivity contribution in [1.82, 2.24) is 9.55 Å². The highest BCUT2D eigenvalue weighted by molar-refractivity contribution is 6.20. The monoisotopic (exact) mass is 186 g/mol. The van der Waals surface area contributed by atoms with Crippen LogP contribution in [-0.4, -0.2) is 14.9 Å². The topological polar surface area (TPSA) is 17.8 Å². The van der Waals surface area contributed by atoms with E-state index < -0.39 is 0 Å². The van der Waals surface area contributed by atoms with Gasteiger partial charge in [0.15, 0.2) is 0 Å². The van der Waals surface area contributed by atoms with Crippen molar-refractivity contribution in [3.8, 4) is 0 Å². The Kier molecular flexibility index (Phi) is 3.15. The fourth-order valence-electron chi connectivity index (χ4n) is 1.19. The van der Waals surface area contributed by atoms with E-state index in [1.807, 2.05) is 19.3 Å². The molecular formula is C9H15ClN2. The van der Waals surface area contributed by atoms with Crippen molar-refractivity contribution in [3.05, 3.63) is 18.2 Å². The summed E-state index contributed by atoms with van der Waals surface area (Å²) in [6, 6.07) is 0. The van der Waals surface area contributed by atoms with Gasteiger partial charge in [-0.05, 0) is 13.8 Å². The maximum atomic E-state index is 6.00. The number of hydrogen-bond donors (Lipinski definition) is 0. The molecule has 1 heterocycles. The van der Waals surface area contributed by atoms with E-state index in [1.54, 1.807) is 0 Å². The average Bonchev–Trinajstić information content (AvgIpc) is 2.49. The maximum Gasteiger partial charge on any atom is 0.112 e. The molecule has 0 aromatic carbocycles. The van der Waals surface area contributed by atoms with Crippen LogP contribution in [0.1, 0.15) is 32.5 Å². The first-order valence-corrected chi connectivity index (χ1v) is 4.75. The summed E-state index contributed by atoms with van der Waals surface area (Å²) in [6.45, 7) is 7.17. The van der Waals surface area contributed by atoms with Gasteiger partial charge < -0.3 is 4.57 Å². The number of aryl methyl sites for hydroxylation is 1. The van der Waals surface area contributed by atoms with Crippen LogP contribution in [0.25, 0.3) is 0 Å². The van der Waals surface area contributed by atoms with Crippen LogP contribution in [0, 0.1) is 0 Å². The molecule has 1 aromatic heterocycles. The fraction of sp³-hybridized carbons (Fsp3) is 0.667. The van der Waals surface area contributed by atoms with Gasteiger partial charge in [-0.1, -0.05) is 6.92 Å². The Hall–Kier alpha value is -0.500. The Bertz CT molecular complexity index is 242. The van der Waals surface area contributed by atoms with Crippen LogP contribution in [0.5, 0.6) is 0 Å². The van der Waals surface area contributed by atoms with Gasteiger partial charge in [-0.3, -0.25) is 0 Å². The Balaban J connectivity index is 2.86. The van der Waals surface area contributed by atoms with Crippen molar-refractivity contribution in [2.45, 2.75) is 38.6 Å². The highest BCUT2D eigenvalue weighted by atomic mass is 35.5. The van der Waals surface area contributed by atoms with Crippen LogP contribution in [0.2, 0.25) is 0 Å². The van der Waals surface area contributed by atoms with Crippen molar-refractivity contribution in [1.29, 1.82) is 0 Å². The first kappa shape index (κ1) is 9.59. The molecule has 2 nitrogen and oxygen atoms in total. The Morgan fingerprint density at radius 3 is 2.75 bits per heavy atom. The van der Waals surface area contributed by atoms with E-state index in [0.717, 1.165) is 12.4 Å². The van der Waals surface area contributed by atoms with Crippen LogP contribution in [0.3, 0.4) is 0 Å². The van der Waals surface area contributed by atoms with Gasteiger partial charge in [0.2, 0.25) is 0 Å². The third kappa shape index (κ3) is 1.81. The Morgan fingerprint density at radius 2 is 2.25 bits per heavy atom. The number of imidazole rings is 1.